The van der Waals surface area contributed by atoms with Gasteiger partial charge < -0.3 is 5.32 Å². The summed E-state index contributed by atoms with van der Waals surface area (Å²) in [7, 11) is 0. The number of fused-ring (bicyclic) bond motifs is 1. The van der Waals surface area contributed by atoms with Gasteiger partial charge in [-0.1, -0.05) is 12.1 Å². The third-order valence-electron chi connectivity index (χ3n) is 3.43. The van der Waals surface area contributed by atoms with Crippen molar-refractivity contribution in [3.63, 3.8) is 0 Å². The molecular formula is C17H12N4OS. The molecule has 0 aliphatic carbocycles. The molecule has 0 fully saturated rings. The number of carbonyl (C=O) groups is 1. The van der Waals surface area contributed by atoms with Gasteiger partial charge in [-0.05, 0) is 24.3 Å². The summed E-state index contributed by atoms with van der Waals surface area (Å²) in [4.78, 5) is 21.7. The molecule has 0 bridgehead atoms. The number of anilines is 1. The Morgan fingerprint density at radius 2 is 2.17 bits per heavy atom. The summed E-state index contributed by atoms with van der Waals surface area (Å²) in [6.07, 6.45) is 7.14. The van der Waals surface area contributed by atoms with E-state index in [9.17, 15) is 4.79 Å². The van der Waals surface area contributed by atoms with E-state index in [0.29, 0.717) is 5.56 Å². The van der Waals surface area contributed by atoms with Crippen molar-refractivity contribution in [1.29, 1.82) is 0 Å². The molecule has 3 aromatic heterocycles. The number of benzene rings is 1. The Morgan fingerprint density at radius 3 is 3.00 bits per heavy atom. The summed E-state index contributed by atoms with van der Waals surface area (Å²) in [5, 5.41) is 4.88. The Morgan fingerprint density at radius 1 is 1.22 bits per heavy atom. The largest absolute Gasteiger partial charge is 0.322 e. The lowest BCUT2D eigenvalue weighted by Gasteiger charge is -2.06. The minimum absolute atomic E-state index is 0.180. The van der Waals surface area contributed by atoms with E-state index in [-0.39, 0.29) is 5.91 Å². The van der Waals surface area contributed by atoms with Crippen molar-refractivity contribution >= 4 is 27.9 Å². The van der Waals surface area contributed by atoms with Gasteiger partial charge in [-0.15, -0.1) is 11.3 Å². The lowest BCUT2D eigenvalue weighted by Crippen LogP contribution is -2.11. The van der Waals surface area contributed by atoms with Gasteiger partial charge in [0.2, 0.25) is 0 Å². The van der Waals surface area contributed by atoms with Crippen LogP contribution in [0.25, 0.3) is 16.2 Å². The third kappa shape index (κ3) is 2.72. The monoisotopic (exact) mass is 320 g/mol. The van der Waals surface area contributed by atoms with Gasteiger partial charge >= 0.3 is 0 Å². The number of rotatable bonds is 3. The smallest absolute Gasteiger partial charge is 0.257 e. The van der Waals surface area contributed by atoms with E-state index in [1.807, 2.05) is 46.4 Å². The first-order valence-corrected chi connectivity index (χ1v) is 7.91. The zero-order chi connectivity index (χ0) is 15.6. The number of imidazole rings is 1. The average Bonchev–Trinajstić information content (AvgIpc) is 3.17. The maximum atomic E-state index is 12.2. The van der Waals surface area contributed by atoms with Crippen LogP contribution in [0.15, 0.2) is 66.6 Å². The SMILES string of the molecule is O=C(Nc1cccc(-c2cn3ccsc3n2)c1)c1cccnc1. The second-order valence-electron chi connectivity index (χ2n) is 5.00. The normalized spacial score (nSPS) is 10.8. The third-order valence-corrected chi connectivity index (χ3v) is 4.20. The molecule has 5 nitrogen and oxygen atoms in total. The lowest BCUT2D eigenvalue weighted by atomic mass is 10.1. The van der Waals surface area contributed by atoms with E-state index in [1.54, 1.807) is 35.9 Å². The zero-order valence-corrected chi connectivity index (χ0v) is 12.8. The predicted octanol–water partition coefficient (Wildman–Crippen LogP) is 3.71. The van der Waals surface area contributed by atoms with Crippen molar-refractivity contribution in [2.75, 3.05) is 5.32 Å². The molecule has 3 heterocycles. The molecular weight excluding hydrogens is 308 g/mol. The molecule has 4 rings (SSSR count). The van der Waals surface area contributed by atoms with Crippen molar-refractivity contribution < 1.29 is 4.79 Å². The summed E-state index contributed by atoms with van der Waals surface area (Å²) in [5.41, 5.74) is 3.10. The molecule has 0 saturated heterocycles. The fourth-order valence-corrected chi connectivity index (χ4v) is 3.02. The maximum absolute atomic E-state index is 12.2. The molecule has 6 heteroatoms. The molecule has 0 radical (unpaired) electrons. The highest BCUT2D eigenvalue weighted by Gasteiger charge is 2.09. The van der Waals surface area contributed by atoms with Gasteiger partial charge in [-0.25, -0.2) is 4.98 Å². The highest BCUT2D eigenvalue weighted by Crippen LogP contribution is 2.24. The van der Waals surface area contributed by atoms with Crippen LogP contribution >= 0.6 is 11.3 Å². The highest BCUT2D eigenvalue weighted by atomic mass is 32.1. The van der Waals surface area contributed by atoms with Crippen molar-refractivity contribution in [2.45, 2.75) is 0 Å². The number of nitrogens with zero attached hydrogens (tertiary/aromatic N) is 3. The van der Waals surface area contributed by atoms with Crippen molar-refractivity contribution in [3.8, 4) is 11.3 Å². The molecule has 0 atom stereocenters. The van der Waals surface area contributed by atoms with Crippen LogP contribution in [-0.4, -0.2) is 20.3 Å². The van der Waals surface area contributed by atoms with Gasteiger partial charge in [0, 0.05) is 41.4 Å². The lowest BCUT2D eigenvalue weighted by molar-refractivity contribution is 0.102. The Balaban J connectivity index is 1.61. The number of nitrogens with one attached hydrogen (secondary N) is 1. The van der Waals surface area contributed by atoms with Crippen LogP contribution in [0.3, 0.4) is 0 Å². The topological polar surface area (TPSA) is 59.3 Å². The van der Waals surface area contributed by atoms with Gasteiger partial charge in [0.1, 0.15) is 0 Å². The minimum Gasteiger partial charge on any atom is -0.322 e. The van der Waals surface area contributed by atoms with E-state index in [2.05, 4.69) is 15.3 Å². The maximum Gasteiger partial charge on any atom is 0.257 e. The molecule has 23 heavy (non-hydrogen) atoms. The van der Waals surface area contributed by atoms with Crippen LogP contribution in [0, 0.1) is 0 Å². The van der Waals surface area contributed by atoms with Crippen molar-refractivity contribution in [3.05, 3.63) is 72.1 Å². The Labute approximate surface area is 136 Å². The summed E-state index contributed by atoms with van der Waals surface area (Å²) in [5.74, 6) is -0.180. The van der Waals surface area contributed by atoms with Gasteiger partial charge in [0.25, 0.3) is 5.91 Å². The summed E-state index contributed by atoms with van der Waals surface area (Å²) in [6, 6.07) is 11.1. The molecule has 0 saturated carbocycles. The molecule has 4 aromatic rings. The number of aromatic nitrogens is 3. The van der Waals surface area contributed by atoms with Crippen LogP contribution in [0.1, 0.15) is 10.4 Å². The van der Waals surface area contributed by atoms with Gasteiger partial charge in [-0.2, -0.15) is 0 Å². The quantitative estimate of drug-likeness (QED) is 0.626. The Kier molecular flexibility index (Phi) is 3.36. The molecule has 1 N–H and O–H groups in total. The van der Waals surface area contributed by atoms with E-state index in [4.69, 9.17) is 0 Å². The average molecular weight is 320 g/mol. The highest BCUT2D eigenvalue weighted by molar-refractivity contribution is 7.15. The number of carbonyl (C=O) groups excluding carboxylic acids is 1. The predicted molar refractivity (Wildman–Crippen MR) is 90.7 cm³/mol. The van der Waals surface area contributed by atoms with E-state index in [0.717, 1.165) is 21.9 Å². The second kappa shape index (κ2) is 5.66. The molecule has 0 aliphatic heterocycles. The van der Waals surface area contributed by atoms with Gasteiger partial charge in [0.05, 0.1) is 11.3 Å². The van der Waals surface area contributed by atoms with Gasteiger partial charge in [-0.3, -0.25) is 14.2 Å². The number of hydrogen-bond donors (Lipinski definition) is 1. The first kappa shape index (κ1) is 13.7. The van der Waals surface area contributed by atoms with Crippen LogP contribution in [0.2, 0.25) is 0 Å². The summed E-state index contributed by atoms with van der Waals surface area (Å²) < 4.78 is 1.99. The minimum atomic E-state index is -0.180. The fraction of sp³-hybridized carbons (Fsp3) is 0. The number of amides is 1. The van der Waals surface area contributed by atoms with E-state index in [1.165, 1.54) is 0 Å². The molecule has 0 unspecified atom stereocenters. The number of hydrogen-bond acceptors (Lipinski definition) is 4. The van der Waals surface area contributed by atoms with E-state index < -0.39 is 0 Å². The van der Waals surface area contributed by atoms with Crippen LogP contribution in [0.4, 0.5) is 5.69 Å². The second-order valence-corrected chi connectivity index (χ2v) is 5.87. The van der Waals surface area contributed by atoms with Gasteiger partial charge in [0.15, 0.2) is 4.96 Å². The summed E-state index contributed by atoms with van der Waals surface area (Å²) in [6.45, 7) is 0. The van der Waals surface area contributed by atoms with Crippen molar-refractivity contribution in [2.24, 2.45) is 0 Å². The number of pyridine rings is 1. The Bertz CT molecular complexity index is 946. The van der Waals surface area contributed by atoms with Crippen LogP contribution in [0.5, 0.6) is 0 Å². The Hall–Kier alpha value is -2.99. The van der Waals surface area contributed by atoms with E-state index >= 15 is 0 Å². The van der Waals surface area contributed by atoms with Crippen molar-refractivity contribution in [1.82, 2.24) is 14.4 Å². The summed E-state index contributed by atoms with van der Waals surface area (Å²) >= 11 is 1.59. The van der Waals surface area contributed by atoms with Crippen LogP contribution < -0.4 is 5.32 Å². The molecule has 0 spiro atoms. The standard InChI is InChI=1S/C17H12N4OS/c22-16(13-4-2-6-18-10-13)19-14-5-1-3-12(9-14)15-11-21-7-8-23-17(21)20-15/h1-11H,(H,19,22). The molecule has 1 aromatic carbocycles. The molecule has 0 aliphatic rings. The van der Waals surface area contributed by atoms with Crippen LogP contribution in [-0.2, 0) is 0 Å². The first-order valence-electron chi connectivity index (χ1n) is 7.03. The first-order chi connectivity index (χ1) is 11.3. The number of thiazole rings is 1. The molecule has 112 valence electrons. The zero-order valence-electron chi connectivity index (χ0n) is 12.0. The molecule has 1 amide bonds. The fourth-order valence-electron chi connectivity index (χ4n) is 2.32.